The number of nitrogens with zero attached hydrogens (tertiary/aromatic N) is 1. The van der Waals surface area contributed by atoms with Crippen LogP contribution in [-0.4, -0.2) is 0 Å². The van der Waals surface area contributed by atoms with Gasteiger partial charge in [-0.05, 0) is 48.2 Å². The van der Waals surface area contributed by atoms with E-state index < -0.39 is 10.2 Å². The highest BCUT2D eigenvalue weighted by Gasteiger charge is 2.31. The monoisotopic (exact) mass is 461 g/mol. The van der Waals surface area contributed by atoms with Crippen molar-refractivity contribution in [1.82, 2.24) is 0 Å². The number of benzene rings is 3. The normalized spacial score (nSPS) is 13.2. The number of rotatable bonds is 5. The second-order valence-electron chi connectivity index (χ2n) is 8.04. The van der Waals surface area contributed by atoms with E-state index in [1.165, 1.54) is 46.5 Å². The largest absolute Gasteiger partial charge is 0.222 e. The molecule has 5 nitrogen and oxygen atoms in total. The van der Waals surface area contributed by atoms with Gasteiger partial charge in [0.05, 0.1) is 0 Å². The molecule has 0 unspecified atom stereocenters. The minimum absolute atomic E-state index is 0.803. The van der Waals surface area contributed by atoms with Gasteiger partial charge in [-0.15, -0.1) is 10.2 Å². The molecule has 0 atom stereocenters. The molecular weight excluding hydrogens is 438 g/mol. The third kappa shape index (κ3) is 6.71. The van der Waals surface area contributed by atoms with Crippen LogP contribution in [0.3, 0.4) is 0 Å². The molecule has 168 valence electrons. The lowest BCUT2D eigenvalue weighted by Gasteiger charge is -2.17. The van der Waals surface area contributed by atoms with Crippen molar-refractivity contribution < 1.29 is 33.4 Å². The van der Waals surface area contributed by atoms with Crippen LogP contribution in [0.2, 0.25) is 0 Å². The second-order valence-corrected chi connectivity index (χ2v) is 8.80. The molecule has 0 N–H and O–H groups in total. The van der Waals surface area contributed by atoms with Crippen LogP contribution in [0.1, 0.15) is 12.8 Å². The van der Waals surface area contributed by atoms with Crippen molar-refractivity contribution in [1.29, 1.82) is 0 Å². The highest BCUT2D eigenvalue weighted by Crippen LogP contribution is 2.33. The van der Waals surface area contributed by atoms with Gasteiger partial charge in [0.1, 0.15) is 0 Å². The highest BCUT2D eigenvalue weighted by molar-refractivity contribution is 5.73. The second kappa shape index (κ2) is 10.3. The Morgan fingerprint density at radius 2 is 0.939 bits per heavy atom. The molecule has 4 aromatic rings. The number of hydrogen-bond acceptors (Lipinski definition) is 4. The molecule has 1 heterocycles. The van der Waals surface area contributed by atoms with Gasteiger partial charge in [0.15, 0.2) is 6.54 Å². The predicted molar refractivity (Wildman–Crippen MR) is 116 cm³/mol. The van der Waals surface area contributed by atoms with E-state index >= 15 is 0 Å². The maximum absolute atomic E-state index is 8.49. The molecule has 1 aromatic heterocycles. The highest BCUT2D eigenvalue weighted by atomic mass is 35.7. The first-order valence-electron chi connectivity index (χ1n) is 10.7. The summed E-state index contributed by atoms with van der Waals surface area (Å²) in [5.41, 5.74) is 7.68. The quantitative estimate of drug-likeness (QED) is 0.422. The molecule has 5 rings (SSSR count). The summed E-state index contributed by atoms with van der Waals surface area (Å²) in [5.74, 6) is 0.803. The van der Waals surface area contributed by atoms with E-state index in [1.807, 2.05) is 0 Å². The van der Waals surface area contributed by atoms with Gasteiger partial charge in [-0.25, -0.2) is 18.6 Å². The Labute approximate surface area is 195 Å². The molecule has 1 aliphatic rings. The number of pyridine rings is 1. The molecule has 6 heteroatoms. The summed E-state index contributed by atoms with van der Waals surface area (Å²) in [6, 6.07) is 37.0. The van der Waals surface area contributed by atoms with Crippen LogP contribution >= 0.6 is 0 Å². The van der Waals surface area contributed by atoms with Gasteiger partial charge in [-0.2, -0.15) is 4.57 Å². The van der Waals surface area contributed by atoms with Gasteiger partial charge in [0.25, 0.3) is 0 Å². The molecule has 0 aliphatic heterocycles. The van der Waals surface area contributed by atoms with Crippen LogP contribution in [0.4, 0.5) is 0 Å². The van der Waals surface area contributed by atoms with Gasteiger partial charge >= 0.3 is 0 Å². The van der Waals surface area contributed by atoms with E-state index in [-0.39, 0.29) is 0 Å². The average Bonchev–Trinajstić information content (AvgIpc) is 3.64. The van der Waals surface area contributed by atoms with Gasteiger partial charge in [-0.1, -0.05) is 66.7 Å². The number of aromatic nitrogens is 1. The SMILES string of the molecule is [O-][Cl+3]([O-])([O-])[O-].c1ccc(-c2cc(-c3ccccc3)[n+](CC3CC3)c(-c3ccccc3)c2)cc1. The first-order chi connectivity index (χ1) is 15.9. The Morgan fingerprint density at radius 1 is 0.576 bits per heavy atom. The fraction of sp³-hybridized carbons (Fsp3) is 0.148. The summed E-state index contributed by atoms with van der Waals surface area (Å²) >= 11 is 0. The predicted octanol–water partition coefficient (Wildman–Crippen LogP) is 1.63. The van der Waals surface area contributed by atoms with Gasteiger partial charge in [0.2, 0.25) is 11.4 Å². The maximum atomic E-state index is 8.49. The summed E-state index contributed by atoms with van der Waals surface area (Å²) in [6.07, 6.45) is 2.69. The van der Waals surface area contributed by atoms with Crippen molar-refractivity contribution >= 4 is 0 Å². The Morgan fingerprint density at radius 3 is 1.30 bits per heavy atom. The van der Waals surface area contributed by atoms with Crippen molar-refractivity contribution in [3.63, 3.8) is 0 Å². The van der Waals surface area contributed by atoms with Crippen molar-refractivity contribution in [2.75, 3.05) is 0 Å². The number of halogens is 1. The van der Waals surface area contributed by atoms with E-state index in [9.17, 15) is 0 Å². The third-order valence-electron chi connectivity index (χ3n) is 5.55. The first kappa shape index (κ1) is 23.1. The lowest BCUT2D eigenvalue weighted by atomic mass is 9.99. The fourth-order valence-corrected chi connectivity index (χ4v) is 3.87. The first-order valence-corrected chi connectivity index (χ1v) is 12.0. The van der Waals surface area contributed by atoms with E-state index in [4.69, 9.17) is 18.6 Å². The van der Waals surface area contributed by atoms with Gasteiger partial charge in [0, 0.05) is 29.2 Å². The van der Waals surface area contributed by atoms with Crippen LogP contribution in [-0.2, 0) is 6.54 Å². The van der Waals surface area contributed by atoms with E-state index in [2.05, 4.69) is 108 Å². The average molecular weight is 462 g/mol. The molecule has 3 aromatic carbocycles. The summed E-state index contributed by atoms with van der Waals surface area (Å²) in [6.45, 7) is 1.09. The maximum Gasteiger partial charge on any atom is 0.213 e. The van der Waals surface area contributed by atoms with Crippen molar-refractivity contribution in [3.05, 3.63) is 103 Å². The van der Waals surface area contributed by atoms with E-state index in [1.54, 1.807) is 0 Å². The molecule has 33 heavy (non-hydrogen) atoms. The Hall–Kier alpha value is -3.06. The van der Waals surface area contributed by atoms with E-state index in [0.717, 1.165) is 12.5 Å². The van der Waals surface area contributed by atoms with Crippen LogP contribution in [0.5, 0.6) is 0 Å². The minimum Gasteiger partial charge on any atom is -0.222 e. The summed E-state index contributed by atoms with van der Waals surface area (Å²) in [7, 11) is -4.94. The fourth-order valence-electron chi connectivity index (χ4n) is 3.87. The summed E-state index contributed by atoms with van der Waals surface area (Å²) in [5, 5.41) is 0. The third-order valence-corrected chi connectivity index (χ3v) is 5.55. The van der Waals surface area contributed by atoms with Gasteiger partial charge in [-0.3, -0.25) is 0 Å². The minimum atomic E-state index is -4.94. The van der Waals surface area contributed by atoms with Crippen molar-refractivity contribution in [2.45, 2.75) is 19.4 Å². The van der Waals surface area contributed by atoms with E-state index in [0.29, 0.717) is 0 Å². The zero-order chi connectivity index (χ0) is 23.3. The molecule has 0 amide bonds. The smallest absolute Gasteiger partial charge is 0.213 e. The molecular formula is C27H24ClNO4. The molecule has 1 fully saturated rings. The summed E-state index contributed by atoms with van der Waals surface area (Å²) in [4.78, 5) is 0. The zero-order valence-corrected chi connectivity index (χ0v) is 18.7. The van der Waals surface area contributed by atoms with Crippen LogP contribution in [0.15, 0.2) is 103 Å². The zero-order valence-electron chi connectivity index (χ0n) is 18.0. The lowest BCUT2D eigenvalue weighted by Crippen LogP contribution is -2.68. The lowest BCUT2D eigenvalue weighted by molar-refractivity contribution is -2.00. The van der Waals surface area contributed by atoms with Crippen LogP contribution in [0, 0.1) is 16.2 Å². The molecule has 0 saturated heterocycles. The molecule has 0 radical (unpaired) electrons. The van der Waals surface area contributed by atoms with Crippen molar-refractivity contribution in [3.8, 4) is 33.6 Å². The molecule has 0 spiro atoms. The topological polar surface area (TPSA) is 96.1 Å². The summed E-state index contributed by atoms with van der Waals surface area (Å²) < 4.78 is 36.5. The number of hydrogen-bond donors (Lipinski definition) is 0. The Balaban J connectivity index is 0.000000471. The van der Waals surface area contributed by atoms with Gasteiger partial charge < -0.3 is 0 Å². The van der Waals surface area contributed by atoms with Crippen LogP contribution < -0.4 is 23.2 Å². The molecule has 0 bridgehead atoms. The Kier molecular flexibility index (Phi) is 7.18. The Bertz CT molecular complexity index is 1110. The van der Waals surface area contributed by atoms with Crippen LogP contribution in [0.25, 0.3) is 33.6 Å². The van der Waals surface area contributed by atoms with Crippen molar-refractivity contribution in [2.24, 2.45) is 5.92 Å². The molecule has 1 saturated carbocycles. The molecule has 1 aliphatic carbocycles. The standard InChI is InChI=1S/C27H24N.ClHO4/c1-4-10-22(11-5-1)25-18-26(23-12-6-2-7-13-23)28(20-21-16-17-21)27(19-25)24-14-8-3-9-15-24;2-1(3,4)5/h1-15,18-19,21H,16-17,20H2;(H,2,3,4,5)/q+1;/p-1.